The molecular formula is C25H23N3O6. The largest absolute Gasteiger partial charge is 0.466 e. The molecule has 1 aliphatic rings. The second kappa shape index (κ2) is 9.92. The minimum absolute atomic E-state index is 0.0516. The Morgan fingerprint density at radius 2 is 1.56 bits per heavy atom. The second-order valence-corrected chi connectivity index (χ2v) is 7.33. The van der Waals surface area contributed by atoms with Gasteiger partial charge in [0.1, 0.15) is 11.5 Å². The van der Waals surface area contributed by atoms with Gasteiger partial charge >= 0.3 is 17.9 Å². The summed E-state index contributed by atoms with van der Waals surface area (Å²) in [7, 11) is 3.62. The molecular weight excluding hydrogens is 438 g/mol. The van der Waals surface area contributed by atoms with Crippen LogP contribution in [0.3, 0.4) is 0 Å². The van der Waals surface area contributed by atoms with E-state index in [9.17, 15) is 19.6 Å². The number of nitrogens with two attached hydrogens (primary N) is 1. The number of carbonyl (C=O) groups excluding carboxylic acids is 3. The van der Waals surface area contributed by atoms with Crippen molar-refractivity contribution in [2.24, 2.45) is 5.73 Å². The van der Waals surface area contributed by atoms with E-state index in [0.29, 0.717) is 16.8 Å². The van der Waals surface area contributed by atoms with E-state index in [0.717, 1.165) is 0 Å². The fourth-order valence-corrected chi connectivity index (χ4v) is 3.91. The Bertz CT molecular complexity index is 1260. The van der Waals surface area contributed by atoms with Crippen LogP contribution in [0.2, 0.25) is 0 Å². The molecule has 0 saturated carbocycles. The van der Waals surface area contributed by atoms with Gasteiger partial charge < -0.3 is 19.9 Å². The number of nitriles is 1. The molecule has 0 saturated heterocycles. The van der Waals surface area contributed by atoms with Gasteiger partial charge in [-0.3, -0.25) is 4.90 Å². The fourth-order valence-electron chi connectivity index (χ4n) is 3.91. The van der Waals surface area contributed by atoms with E-state index in [-0.39, 0.29) is 28.2 Å². The van der Waals surface area contributed by atoms with Crippen LogP contribution in [-0.2, 0) is 23.8 Å². The number of aryl methyl sites for hydroxylation is 1. The molecule has 0 aliphatic carbocycles. The maximum Gasteiger partial charge on any atom is 0.355 e. The molecule has 9 heteroatoms. The van der Waals surface area contributed by atoms with Gasteiger partial charge in [0.2, 0.25) is 0 Å². The monoisotopic (exact) mass is 461 g/mol. The molecule has 9 nitrogen and oxygen atoms in total. The first-order valence-electron chi connectivity index (χ1n) is 10.1. The summed E-state index contributed by atoms with van der Waals surface area (Å²) in [6.45, 7) is 1.69. The number of ether oxygens (including phenoxy) is 3. The van der Waals surface area contributed by atoms with Crippen molar-refractivity contribution in [1.82, 2.24) is 0 Å². The maximum absolute atomic E-state index is 13.1. The van der Waals surface area contributed by atoms with Gasteiger partial charge in [-0.15, -0.1) is 0 Å². The lowest BCUT2D eigenvalue weighted by Crippen LogP contribution is -2.41. The van der Waals surface area contributed by atoms with Crippen LogP contribution in [0.25, 0.3) is 0 Å². The van der Waals surface area contributed by atoms with Gasteiger partial charge in [-0.2, -0.15) is 5.26 Å². The topological polar surface area (TPSA) is 132 Å². The standard InChI is InChI=1S/C25H23N3O6/c1-14-12-16(23(29)32-2)10-11-18(14)28-21(25(31)34-4)20(24(30)33-3)19(17(13-26)22(28)27)15-8-6-5-7-9-15/h5-12,19H,27H2,1-4H3. The third kappa shape index (κ3) is 4.09. The third-order valence-electron chi connectivity index (χ3n) is 5.47. The predicted molar refractivity (Wildman–Crippen MR) is 122 cm³/mol. The van der Waals surface area contributed by atoms with Crippen molar-refractivity contribution in [2.45, 2.75) is 12.8 Å². The quantitative estimate of drug-likeness (QED) is 0.527. The summed E-state index contributed by atoms with van der Waals surface area (Å²) >= 11 is 0. The number of methoxy groups -OCH3 is 3. The summed E-state index contributed by atoms with van der Waals surface area (Å²) in [5.74, 6) is -3.23. The van der Waals surface area contributed by atoms with Crippen molar-refractivity contribution in [2.75, 3.05) is 26.2 Å². The highest BCUT2D eigenvalue weighted by atomic mass is 16.5. The number of anilines is 1. The molecule has 1 unspecified atom stereocenters. The summed E-state index contributed by atoms with van der Waals surface area (Å²) in [6.07, 6.45) is 0. The highest BCUT2D eigenvalue weighted by molar-refractivity contribution is 6.06. The molecule has 0 bridgehead atoms. The molecule has 0 amide bonds. The summed E-state index contributed by atoms with van der Waals surface area (Å²) in [6, 6.07) is 15.4. The first kappa shape index (κ1) is 24.1. The van der Waals surface area contributed by atoms with Crippen molar-refractivity contribution < 1.29 is 28.6 Å². The van der Waals surface area contributed by atoms with E-state index >= 15 is 0 Å². The predicted octanol–water partition coefficient (Wildman–Crippen LogP) is 2.68. The Morgan fingerprint density at radius 1 is 0.941 bits per heavy atom. The Hall–Kier alpha value is -4.58. The SMILES string of the molecule is COC(=O)C1=C(C(=O)OC)N(c2ccc(C(=O)OC)cc2C)C(N)=C(C#N)C1c1ccccc1. The van der Waals surface area contributed by atoms with E-state index in [2.05, 4.69) is 6.07 Å². The van der Waals surface area contributed by atoms with E-state index in [1.807, 2.05) is 0 Å². The molecule has 34 heavy (non-hydrogen) atoms. The zero-order valence-corrected chi connectivity index (χ0v) is 19.1. The second-order valence-electron chi connectivity index (χ2n) is 7.33. The van der Waals surface area contributed by atoms with Gasteiger partial charge in [-0.05, 0) is 36.2 Å². The van der Waals surface area contributed by atoms with Crippen molar-refractivity contribution in [3.8, 4) is 6.07 Å². The molecule has 174 valence electrons. The molecule has 2 aromatic rings. The van der Waals surface area contributed by atoms with E-state index in [1.54, 1.807) is 49.4 Å². The van der Waals surface area contributed by atoms with Gasteiger partial charge in [0.15, 0.2) is 0 Å². The average Bonchev–Trinajstić information content (AvgIpc) is 2.87. The Balaban J connectivity index is 2.39. The van der Waals surface area contributed by atoms with Gasteiger partial charge in [0.05, 0.1) is 55.7 Å². The summed E-state index contributed by atoms with van der Waals surface area (Å²) in [5.41, 5.74) is 7.99. The number of rotatable bonds is 5. The molecule has 0 fully saturated rings. The van der Waals surface area contributed by atoms with Crippen molar-refractivity contribution in [1.29, 1.82) is 5.26 Å². The Labute approximate surface area is 196 Å². The normalized spacial score (nSPS) is 15.5. The van der Waals surface area contributed by atoms with Gasteiger partial charge in [0.25, 0.3) is 0 Å². The van der Waals surface area contributed by atoms with Crippen LogP contribution in [0.1, 0.15) is 27.4 Å². The lowest BCUT2D eigenvalue weighted by molar-refractivity contribution is -0.139. The van der Waals surface area contributed by atoms with E-state index in [4.69, 9.17) is 19.9 Å². The van der Waals surface area contributed by atoms with Crippen LogP contribution < -0.4 is 10.6 Å². The minimum Gasteiger partial charge on any atom is -0.466 e. The first-order valence-corrected chi connectivity index (χ1v) is 10.1. The number of carbonyl (C=O) groups is 3. The Kier molecular flexibility index (Phi) is 7.02. The van der Waals surface area contributed by atoms with Crippen molar-refractivity contribution >= 4 is 23.6 Å². The summed E-state index contributed by atoms with van der Waals surface area (Å²) < 4.78 is 14.8. The lowest BCUT2D eigenvalue weighted by atomic mass is 9.80. The highest BCUT2D eigenvalue weighted by Crippen LogP contribution is 2.43. The van der Waals surface area contributed by atoms with Crippen molar-refractivity contribution in [3.63, 3.8) is 0 Å². The zero-order chi connectivity index (χ0) is 25.0. The molecule has 2 N–H and O–H groups in total. The van der Waals surface area contributed by atoms with Crippen molar-refractivity contribution in [3.05, 3.63) is 87.9 Å². The Morgan fingerprint density at radius 3 is 2.09 bits per heavy atom. The third-order valence-corrected chi connectivity index (χ3v) is 5.47. The lowest BCUT2D eigenvalue weighted by Gasteiger charge is -2.36. The molecule has 1 atom stereocenters. The number of allylic oxidation sites excluding steroid dienone is 1. The molecule has 2 aromatic carbocycles. The van der Waals surface area contributed by atoms with Gasteiger partial charge in [0, 0.05) is 0 Å². The van der Waals surface area contributed by atoms with Crippen LogP contribution in [0.5, 0.6) is 0 Å². The van der Waals surface area contributed by atoms with E-state index in [1.165, 1.54) is 32.3 Å². The molecule has 0 aromatic heterocycles. The molecule has 1 heterocycles. The number of benzene rings is 2. The van der Waals surface area contributed by atoms with Crippen LogP contribution in [-0.4, -0.2) is 39.2 Å². The van der Waals surface area contributed by atoms with Gasteiger partial charge in [-0.25, -0.2) is 14.4 Å². The summed E-state index contributed by atoms with van der Waals surface area (Å²) in [4.78, 5) is 39.4. The van der Waals surface area contributed by atoms with Crippen LogP contribution in [0, 0.1) is 18.3 Å². The smallest absolute Gasteiger partial charge is 0.355 e. The highest BCUT2D eigenvalue weighted by Gasteiger charge is 2.43. The van der Waals surface area contributed by atoms with Crippen LogP contribution in [0.4, 0.5) is 5.69 Å². The number of hydrogen-bond acceptors (Lipinski definition) is 9. The molecule has 0 spiro atoms. The van der Waals surface area contributed by atoms with E-state index < -0.39 is 23.8 Å². The number of esters is 3. The molecule has 0 radical (unpaired) electrons. The van der Waals surface area contributed by atoms with Gasteiger partial charge in [-0.1, -0.05) is 30.3 Å². The zero-order valence-electron chi connectivity index (χ0n) is 19.1. The summed E-state index contributed by atoms with van der Waals surface area (Å²) in [5, 5.41) is 10.1. The maximum atomic E-state index is 13.1. The average molecular weight is 461 g/mol. The van der Waals surface area contributed by atoms with Crippen LogP contribution >= 0.6 is 0 Å². The van der Waals surface area contributed by atoms with Crippen LogP contribution in [0.15, 0.2) is 71.2 Å². The first-order chi connectivity index (χ1) is 16.3. The number of nitrogens with zero attached hydrogens (tertiary/aromatic N) is 2. The molecule has 3 rings (SSSR count). The molecule has 1 aliphatic heterocycles. The number of hydrogen-bond donors (Lipinski definition) is 1. The fraction of sp³-hybridized carbons (Fsp3) is 0.200. The minimum atomic E-state index is -0.960.